The van der Waals surface area contributed by atoms with Crippen molar-refractivity contribution in [1.29, 1.82) is 5.26 Å². The quantitative estimate of drug-likeness (QED) is 0.802. The summed E-state index contributed by atoms with van der Waals surface area (Å²) in [6, 6.07) is 5.82. The van der Waals surface area contributed by atoms with Crippen molar-refractivity contribution in [2.75, 3.05) is 13.1 Å². The molecular formula is C13H13ClN4. The highest BCUT2D eigenvalue weighted by Gasteiger charge is 2.23. The summed E-state index contributed by atoms with van der Waals surface area (Å²) < 4.78 is 0. The fourth-order valence-electron chi connectivity index (χ4n) is 2.58. The number of nitrogens with zero attached hydrogens (tertiary/aromatic N) is 3. The van der Waals surface area contributed by atoms with Gasteiger partial charge in [0.2, 0.25) is 0 Å². The first-order chi connectivity index (χ1) is 8.78. The number of likely N-dealkylation sites (tertiary alicyclic amines) is 1. The molecule has 2 heterocycles. The second kappa shape index (κ2) is 4.51. The normalized spacial score (nSPS) is 17.0. The lowest BCUT2D eigenvalue weighted by molar-refractivity contribution is 0.293. The summed E-state index contributed by atoms with van der Waals surface area (Å²) in [5, 5.41) is 18.2. The molecular weight excluding hydrogens is 248 g/mol. The van der Waals surface area contributed by atoms with Gasteiger partial charge in [-0.3, -0.25) is 5.10 Å². The van der Waals surface area contributed by atoms with E-state index in [0.717, 1.165) is 47.6 Å². The van der Waals surface area contributed by atoms with Crippen molar-refractivity contribution in [2.45, 2.75) is 18.8 Å². The zero-order chi connectivity index (χ0) is 12.5. The van der Waals surface area contributed by atoms with E-state index in [1.165, 1.54) is 0 Å². The molecule has 92 valence electrons. The third-order valence-electron chi connectivity index (χ3n) is 3.58. The van der Waals surface area contributed by atoms with E-state index in [-0.39, 0.29) is 0 Å². The predicted octanol–water partition coefficient (Wildman–Crippen LogP) is 2.88. The van der Waals surface area contributed by atoms with Crippen LogP contribution < -0.4 is 0 Å². The number of halogens is 1. The molecule has 0 atom stereocenters. The number of rotatable bonds is 1. The summed E-state index contributed by atoms with van der Waals surface area (Å²) in [5.41, 5.74) is 2.10. The van der Waals surface area contributed by atoms with Gasteiger partial charge in [0.25, 0.3) is 0 Å². The maximum Gasteiger partial charge on any atom is 0.179 e. The van der Waals surface area contributed by atoms with Crippen molar-refractivity contribution in [3.63, 3.8) is 0 Å². The fourth-order valence-corrected chi connectivity index (χ4v) is 2.75. The first-order valence-corrected chi connectivity index (χ1v) is 6.44. The van der Waals surface area contributed by atoms with Gasteiger partial charge in [-0.1, -0.05) is 11.6 Å². The van der Waals surface area contributed by atoms with Gasteiger partial charge >= 0.3 is 0 Å². The lowest BCUT2D eigenvalue weighted by Crippen LogP contribution is -2.29. The molecule has 3 rings (SSSR count). The molecule has 0 saturated carbocycles. The summed E-state index contributed by atoms with van der Waals surface area (Å²) in [6.45, 7) is 1.65. The van der Waals surface area contributed by atoms with Crippen molar-refractivity contribution < 1.29 is 0 Å². The van der Waals surface area contributed by atoms with Gasteiger partial charge in [0, 0.05) is 29.4 Å². The highest BCUT2D eigenvalue weighted by atomic mass is 35.5. The molecule has 0 unspecified atom stereocenters. The molecule has 0 spiro atoms. The zero-order valence-corrected chi connectivity index (χ0v) is 10.6. The standard InChI is InChI=1S/C13H13ClN4/c14-10-1-2-11-12(7-10)16-17-13(11)9-3-5-18(8-15)6-4-9/h1-2,7,9H,3-6H2,(H,16,17). The van der Waals surface area contributed by atoms with Crippen LogP contribution in [0.2, 0.25) is 5.02 Å². The summed E-state index contributed by atoms with van der Waals surface area (Å²) in [6.07, 6.45) is 4.17. The van der Waals surface area contributed by atoms with Crippen LogP contribution in [0.15, 0.2) is 18.2 Å². The van der Waals surface area contributed by atoms with Crippen LogP contribution in [0.4, 0.5) is 0 Å². The largest absolute Gasteiger partial charge is 0.311 e. The maximum atomic E-state index is 8.85. The van der Waals surface area contributed by atoms with Gasteiger partial charge in [-0.15, -0.1) is 0 Å². The Morgan fingerprint density at radius 1 is 1.39 bits per heavy atom. The topological polar surface area (TPSA) is 55.7 Å². The lowest BCUT2D eigenvalue weighted by atomic mass is 9.92. The molecule has 1 aromatic carbocycles. The molecule has 1 fully saturated rings. The van der Waals surface area contributed by atoms with E-state index in [9.17, 15) is 0 Å². The number of fused-ring (bicyclic) bond motifs is 1. The molecule has 0 aliphatic carbocycles. The average Bonchev–Trinajstić information content (AvgIpc) is 2.81. The van der Waals surface area contributed by atoms with Gasteiger partial charge in [-0.05, 0) is 31.0 Å². The molecule has 5 heteroatoms. The Morgan fingerprint density at radius 3 is 2.89 bits per heavy atom. The predicted molar refractivity (Wildman–Crippen MR) is 70.3 cm³/mol. The van der Waals surface area contributed by atoms with E-state index in [1.807, 2.05) is 23.1 Å². The number of benzene rings is 1. The Balaban J connectivity index is 1.89. The van der Waals surface area contributed by atoms with Crippen LogP contribution in [0.5, 0.6) is 0 Å². The van der Waals surface area contributed by atoms with Crippen LogP contribution >= 0.6 is 11.6 Å². The number of hydrogen-bond donors (Lipinski definition) is 1. The Kier molecular flexibility index (Phi) is 2.85. The van der Waals surface area contributed by atoms with Crippen LogP contribution in [0.3, 0.4) is 0 Å². The summed E-state index contributed by atoms with van der Waals surface area (Å²) >= 11 is 5.96. The minimum Gasteiger partial charge on any atom is -0.311 e. The van der Waals surface area contributed by atoms with Crippen LogP contribution in [0.25, 0.3) is 10.9 Å². The number of nitrogens with one attached hydrogen (secondary N) is 1. The average molecular weight is 261 g/mol. The van der Waals surface area contributed by atoms with E-state index in [1.54, 1.807) is 0 Å². The van der Waals surface area contributed by atoms with Gasteiger partial charge in [0.1, 0.15) is 0 Å². The van der Waals surface area contributed by atoms with Crippen LogP contribution in [-0.2, 0) is 0 Å². The van der Waals surface area contributed by atoms with Crippen molar-refractivity contribution in [1.82, 2.24) is 15.1 Å². The second-order valence-electron chi connectivity index (χ2n) is 4.66. The molecule has 1 aromatic heterocycles. The Labute approximate surface area is 110 Å². The van der Waals surface area contributed by atoms with E-state index < -0.39 is 0 Å². The van der Waals surface area contributed by atoms with E-state index in [0.29, 0.717) is 5.92 Å². The van der Waals surface area contributed by atoms with Crippen molar-refractivity contribution in [2.24, 2.45) is 0 Å². The van der Waals surface area contributed by atoms with E-state index >= 15 is 0 Å². The highest BCUT2D eigenvalue weighted by molar-refractivity contribution is 6.31. The third-order valence-corrected chi connectivity index (χ3v) is 3.81. The molecule has 18 heavy (non-hydrogen) atoms. The zero-order valence-electron chi connectivity index (χ0n) is 9.86. The second-order valence-corrected chi connectivity index (χ2v) is 5.10. The molecule has 0 amide bonds. The minimum absolute atomic E-state index is 0.435. The molecule has 1 saturated heterocycles. The maximum absolute atomic E-state index is 8.85. The number of aromatic nitrogens is 2. The first-order valence-electron chi connectivity index (χ1n) is 6.06. The first kappa shape index (κ1) is 11.4. The number of piperidine rings is 1. The van der Waals surface area contributed by atoms with Crippen molar-refractivity contribution in [3.8, 4) is 6.19 Å². The van der Waals surface area contributed by atoms with E-state index in [2.05, 4.69) is 16.4 Å². The smallest absolute Gasteiger partial charge is 0.179 e. The van der Waals surface area contributed by atoms with Crippen molar-refractivity contribution >= 4 is 22.5 Å². The molecule has 4 nitrogen and oxygen atoms in total. The SMILES string of the molecule is N#CN1CCC(c2n[nH]c3cc(Cl)ccc23)CC1. The van der Waals surface area contributed by atoms with Gasteiger partial charge in [-0.2, -0.15) is 10.4 Å². The van der Waals surface area contributed by atoms with Crippen LogP contribution in [0, 0.1) is 11.5 Å². The van der Waals surface area contributed by atoms with Gasteiger partial charge in [-0.25, -0.2) is 0 Å². The summed E-state index contributed by atoms with van der Waals surface area (Å²) in [5.74, 6) is 0.435. The molecule has 0 bridgehead atoms. The summed E-state index contributed by atoms with van der Waals surface area (Å²) in [4.78, 5) is 1.81. The fraction of sp³-hybridized carbons (Fsp3) is 0.385. The number of aromatic amines is 1. The highest BCUT2D eigenvalue weighted by Crippen LogP contribution is 2.32. The molecule has 1 aliphatic rings. The number of nitriles is 1. The van der Waals surface area contributed by atoms with Crippen LogP contribution in [0.1, 0.15) is 24.5 Å². The van der Waals surface area contributed by atoms with Crippen molar-refractivity contribution in [3.05, 3.63) is 28.9 Å². The van der Waals surface area contributed by atoms with Gasteiger partial charge in [0.05, 0.1) is 11.2 Å². The molecule has 1 N–H and O–H groups in total. The molecule has 0 radical (unpaired) electrons. The number of H-pyrrole nitrogens is 1. The summed E-state index contributed by atoms with van der Waals surface area (Å²) in [7, 11) is 0. The van der Waals surface area contributed by atoms with Gasteiger partial charge < -0.3 is 4.90 Å². The van der Waals surface area contributed by atoms with Crippen LogP contribution in [-0.4, -0.2) is 28.2 Å². The minimum atomic E-state index is 0.435. The number of hydrogen-bond acceptors (Lipinski definition) is 3. The lowest BCUT2D eigenvalue weighted by Gasteiger charge is -2.27. The Morgan fingerprint density at radius 2 is 2.17 bits per heavy atom. The monoisotopic (exact) mass is 260 g/mol. The van der Waals surface area contributed by atoms with Gasteiger partial charge in [0.15, 0.2) is 6.19 Å². The Hall–Kier alpha value is -1.73. The van der Waals surface area contributed by atoms with E-state index in [4.69, 9.17) is 16.9 Å². The molecule has 1 aliphatic heterocycles. The Bertz CT molecular complexity index is 605. The molecule has 2 aromatic rings. The third kappa shape index (κ3) is 1.91.